The van der Waals surface area contributed by atoms with E-state index in [0.29, 0.717) is 11.3 Å². The first kappa shape index (κ1) is 15.4. The van der Waals surface area contributed by atoms with Crippen LogP contribution in [0.1, 0.15) is 5.56 Å². The summed E-state index contributed by atoms with van der Waals surface area (Å²) < 4.78 is 28.2. The first-order valence-electron chi connectivity index (χ1n) is 5.85. The molecule has 0 fully saturated rings. The zero-order valence-corrected chi connectivity index (χ0v) is 14.3. The Morgan fingerprint density at radius 2 is 1.90 bits per heavy atom. The topological polar surface area (TPSA) is 46.2 Å². The summed E-state index contributed by atoms with van der Waals surface area (Å²) in [5.74, 6) is 0. The Labute approximate surface area is 132 Å². The van der Waals surface area contributed by atoms with Crippen molar-refractivity contribution in [2.75, 3.05) is 11.0 Å². The molecule has 0 radical (unpaired) electrons. The van der Waals surface area contributed by atoms with Crippen molar-refractivity contribution in [3.05, 3.63) is 52.5 Å². The standard InChI is InChI=1S/C14H14BrNO2S2/c1-10-6-7-11(15)8-14(10)20(17,18)16-12-4-3-5-13(9-12)19-2/h3-9,16H,1-2H3. The van der Waals surface area contributed by atoms with Gasteiger partial charge in [0, 0.05) is 15.1 Å². The molecule has 0 amide bonds. The number of sulfonamides is 1. The highest BCUT2D eigenvalue weighted by Crippen LogP contribution is 2.25. The number of anilines is 1. The summed E-state index contributed by atoms with van der Waals surface area (Å²) in [5.41, 5.74) is 1.28. The lowest BCUT2D eigenvalue weighted by Gasteiger charge is -2.11. The van der Waals surface area contributed by atoms with Gasteiger partial charge >= 0.3 is 0 Å². The van der Waals surface area contributed by atoms with Crippen molar-refractivity contribution in [1.29, 1.82) is 0 Å². The van der Waals surface area contributed by atoms with Crippen LogP contribution >= 0.6 is 27.7 Å². The van der Waals surface area contributed by atoms with Crippen LogP contribution in [0.25, 0.3) is 0 Å². The summed E-state index contributed by atoms with van der Waals surface area (Å²) >= 11 is 4.87. The van der Waals surface area contributed by atoms with Crippen molar-refractivity contribution in [1.82, 2.24) is 0 Å². The zero-order chi connectivity index (χ0) is 14.8. The predicted octanol–water partition coefficient (Wildman–Crippen LogP) is 4.28. The number of hydrogen-bond donors (Lipinski definition) is 1. The van der Waals surface area contributed by atoms with Gasteiger partial charge in [-0.15, -0.1) is 11.8 Å². The van der Waals surface area contributed by atoms with E-state index in [-0.39, 0.29) is 4.90 Å². The maximum Gasteiger partial charge on any atom is 0.262 e. The number of thioether (sulfide) groups is 1. The van der Waals surface area contributed by atoms with E-state index in [1.54, 1.807) is 36.9 Å². The van der Waals surface area contributed by atoms with Crippen LogP contribution < -0.4 is 4.72 Å². The molecule has 0 aromatic heterocycles. The monoisotopic (exact) mass is 371 g/mol. The minimum absolute atomic E-state index is 0.279. The maximum absolute atomic E-state index is 12.4. The molecule has 0 aliphatic rings. The van der Waals surface area contributed by atoms with Crippen LogP contribution in [-0.2, 0) is 10.0 Å². The average Bonchev–Trinajstić information content (AvgIpc) is 2.41. The van der Waals surface area contributed by atoms with E-state index in [9.17, 15) is 8.42 Å². The van der Waals surface area contributed by atoms with E-state index in [4.69, 9.17) is 0 Å². The largest absolute Gasteiger partial charge is 0.280 e. The maximum atomic E-state index is 12.4. The van der Waals surface area contributed by atoms with Crippen molar-refractivity contribution in [2.45, 2.75) is 16.7 Å². The van der Waals surface area contributed by atoms with Gasteiger partial charge in [0.05, 0.1) is 4.90 Å². The normalized spacial score (nSPS) is 11.3. The van der Waals surface area contributed by atoms with Gasteiger partial charge in [-0.05, 0) is 49.1 Å². The lowest BCUT2D eigenvalue weighted by molar-refractivity contribution is 0.600. The molecule has 0 unspecified atom stereocenters. The Balaban J connectivity index is 2.38. The van der Waals surface area contributed by atoms with Crippen LogP contribution in [0.5, 0.6) is 0 Å². The fourth-order valence-electron chi connectivity index (χ4n) is 1.76. The third-order valence-electron chi connectivity index (χ3n) is 2.76. The number of nitrogens with one attached hydrogen (secondary N) is 1. The molecular formula is C14H14BrNO2S2. The minimum Gasteiger partial charge on any atom is -0.280 e. The Morgan fingerprint density at radius 1 is 1.15 bits per heavy atom. The summed E-state index contributed by atoms with van der Waals surface area (Å²) in [7, 11) is -3.58. The molecule has 0 spiro atoms. The first-order chi connectivity index (χ1) is 9.42. The molecule has 1 N–H and O–H groups in total. The van der Waals surface area contributed by atoms with Crippen molar-refractivity contribution < 1.29 is 8.42 Å². The molecule has 20 heavy (non-hydrogen) atoms. The van der Waals surface area contributed by atoms with Gasteiger partial charge in [-0.2, -0.15) is 0 Å². The van der Waals surface area contributed by atoms with Crippen molar-refractivity contribution in [2.24, 2.45) is 0 Å². The number of hydrogen-bond acceptors (Lipinski definition) is 3. The van der Waals surface area contributed by atoms with Crippen LogP contribution in [0.2, 0.25) is 0 Å². The highest BCUT2D eigenvalue weighted by atomic mass is 79.9. The van der Waals surface area contributed by atoms with Crippen LogP contribution in [0.15, 0.2) is 56.7 Å². The molecule has 0 aliphatic carbocycles. The van der Waals surface area contributed by atoms with Gasteiger partial charge in [0.15, 0.2) is 0 Å². The Hall–Kier alpha value is -0.980. The quantitative estimate of drug-likeness (QED) is 0.815. The molecule has 0 atom stereocenters. The Bertz CT molecular complexity index is 730. The fraction of sp³-hybridized carbons (Fsp3) is 0.143. The second-order valence-corrected chi connectivity index (χ2v) is 7.69. The van der Waals surface area contributed by atoms with E-state index >= 15 is 0 Å². The average molecular weight is 372 g/mol. The Kier molecular flexibility index (Phi) is 4.78. The lowest BCUT2D eigenvalue weighted by atomic mass is 10.2. The summed E-state index contributed by atoms with van der Waals surface area (Å²) in [6, 6.07) is 12.5. The van der Waals surface area contributed by atoms with E-state index < -0.39 is 10.0 Å². The molecule has 2 aromatic carbocycles. The second kappa shape index (κ2) is 6.20. The molecule has 0 heterocycles. The third kappa shape index (κ3) is 3.56. The molecule has 6 heteroatoms. The van der Waals surface area contributed by atoms with Gasteiger partial charge in [0.1, 0.15) is 0 Å². The highest BCUT2D eigenvalue weighted by Gasteiger charge is 2.17. The number of aryl methyl sites for hydroxylation is 1. The lowest BCUT2D eigenvalue weighted by Crippen LogP contribution is -2.14. The van der Waals surface area contributed by atoms with Crippen molar-refractivity contribution in [3.63, 3.8) is 0 Å². The first-order valence-corrected chi connectivity index (χ1v) is 9.35. The van der Waals surface area contributed by atoms with Gasteiger partial charge in [-0.3, -0.25) is 4.72 Å². The molecular weight excluding hydrogens is 358 g/mol. The minimum atomic E-state index is -3.58. The summed E-state index contributed by atoms with van der Waals surface area (Å²) in [5, 5.41) is 0. The molecule has 0 saturated carbocycles. The van der Waals surface area contributed by atoms with Crippen molar-refractivity contribution in [3.8, 4) is 0 Å². The fourth-order valence-corrected chi connectivity index (χ4v) is 4.05. The summed E-state index contributed by atoms with van der Waals surface area (Å²) in [4.78, 5) is 1.29. The van der Waals surface area contributed by atoms with Gasteiger partial charge in [-0.1, -0.05) is 28.1 Å². The zero-order valence-electron chi connectivity index (χ0n) is 11.1. The van der Waals surface area contributed by atoms with E-state index in [1.165, 1.54) is 0 Å². The third-order valence-corrected chi connectivity index (χ3v) is 5.50. The molecule has 2 rings (SSSR count). The van der Waals surface area contributed by atoms with Gasteiger partial charge in [-0.25, -0.2) is 8.42 Å². The molecule has 0 bridgehead atoms. The van der Waals surface area contributed by atoms with Gasteiger partial charge < -0.3 is 0 Å². The summed E-state index contributed by atoms with van der Waals surface area (Å²) in [6.45, 7) is 1.78. The van der Waals surface area contributed by atoms with E-state index in [1.807, 2.05) is 30.5 Å². The molecule has 0 saturated heterocycles. The molecule has 2 aromatic rings. The second-order valence-electron chi connectivity index (χ2n) is 4.25. The van der Waals surface area contributed by atoms with Crippen LogP contribution in [0.4, 0.5) is 5.69 Å². The van der Waals surface area contributed by atoms with Gasteiger partial charge in [0.25, 0.3) is 10.0 Å². The molecule has 3 nitrogen and oxygen atoms in total. The number of benzene rings is 2. The van der Waals surface area contributed by atoms with E-state index in [0.717, 1.165) is 9.37 Å². The summed E-state index contributed by atoms with van der Waals surface area (Å²) in [6.07, 6.45) is 1.95. The SMILES string of the molecule is CSc1cccc(NS(=O)(=O)c2cc(Br)ccc2C)c1. The molecule has 106 valence electrons. The number of halogens is 1. The van der Waals surface area contributed by atoms with Crippen molar-refractivity contribution >= 4 is 43.4 Å². The van der Waals surface area contributed by atoms with Crippen LogP contribution in [-0.4, -0.2) is 14.7 Å². The van der Waals surface area contributed by atoms with E-state index in [2.05, 4.69) is 20.7 Å². The van der Waals surface area contributed by atoms with Crippen LogP contribution in [0, 0.1) is 6.92 Å². The Morgan fingerprint density at radius 3 is 2.60 bits per heavy atom. The van der Waals surface area contributed by atoms with Crippen LogP contribution in [0.3, 0.4) is 0 Å². The number of rotatable bonds is 4. The predicted molar refractivity (Wildman–Crippen MR) is 87.9 cm³/mol. The molecule has 0 aliphatic heterocycles. The highest BCUT2D eigenvalue weighted by molar-refractivity contribution is 9.10. The smallest absolute Gasteiger partial charge is 0.262 e. The van der Waals surface area contributed by atoms with Gasteiger partial charge in [0.2, 0.25) is 0 Å².